The van der Waals surface area contributed by atoms with E-state index in [9.17, 15) is 9.59 Å². The Hall–Kier alpha value is -2.53. The Morgan fingerprint density at radius 2 is 1.71 bits per heavy atom. The van der Waals surface area contributed by atoms with E-state index in [0.29, 0.717) is 30.3 Å². The number of likely N-dealkylation sites (tertiary alicyclic amines) is 2. The molecule has 5 nitrogen and oxygen atoms in total. The third-order valence-corrected chi connectivity index (χ3v) is 6.51. The molecule has 0 spiro atoms. The highest BCUT2D eigenvalue weighted by Crippen LogP contribution is 2.35. The van der Waals surface area contributed by atoms with Crippen LogP contribution in [0, 0.1) is 5.92 Å². The topological polar surface area (TPSA) is 49.9 Å². The molecule has 2 saturated heterocycles. The standard InChI is InChI=1S/C25H29ClN2O3/c1-2-31-22-13-9-18(10-14-22)23-6-4-16-28(23)25(30)20-5-3-15-27(17-20)24(29)19-7-11-21(26)12-8-19/h7-14,20,23H,2-6,15-17H2,1H3. The predicted molar refractivity (Wildman–Crippen MR) is 121 cm³/mol. The molecular formula is C25H29ClN2O3. The highest BCUT2D eigenvalue weighted by Gasteiger charge is 2.36. The SMILES string of the molecule is CCOc1ccc(C2CCCN2C(=O)C2CCCN(C(=O)c3ccc(Cl)cc3)C2)cc1. The highest BCUT2D eigenvalue weighted by atomic mass is 35.5. The molecule has 0 bridgehead atoms. The second-order valence-corrected chi connectivity index (χ2v) is 8.73. The minimum absolute atomic E-state index is 0.0290. The Kier molecular flexibility index (Phi) is 6.81. The molecule has 0 saturated carbocycles. The first-order chi connectivity index (χ1) is 15.1. The van der Waals surface area contributed by atoms with Crippen LogP contribution >= 0.6 is 11.6 Å². The number of nitrogens with zero attached hydrogens (tertiary/aromatic N) is 2. The van der Waals surface area contributed by atoms with E-state index >= 15 is 0 Å². The van der Waals surface area contributed by atoms with Crippen LogP contribution < -0.4 is 4.74 Å². The van der Waals surface area contributed by atoms with Gasteiger partial charge in [-0.15, -0.1) is 0 Å². The highest BCUT2D eigenvalue weighted by molar-refractivity contribution is 6.30. The van der Waals surface area contributed by atoms with Gasteiger partial charge in [0.25, 0.3) is 5.91 Å². The van der Waals surface area contributed by atoms with E-state index in [0.717, 1.165) is 43.5 Å². The van der Waals surface area contributed by atoms with Crippen LogP contribution in [0.4, 0.5) is 0 Å². The number of rotatable bonds is 5. The van der Waals surface area contributed by atoms with Gasteiger partial charge in [0.05, 0.1) is 18.6 Å². The summed E-state index contributed by atoms with van der Waals surface area (Å²) in [5, 5.41) is 0.609. The molecule has 0 N–H and O–H groups in total. The molecule has 31 heavy (non-hydrogen) atoms. The quantitative estimate of drug-likeness (QED) is 0.660. The largest absolute Gasteiger partial charge is 0.494 e. The molecule has 0 aromatic heterocycles. The van der Waals surface area contributed by atoms with Crippen molar-refractivity contribution in [1.29, 1.82) is 0 Å². The fourth-order valence-electron chi connectivity index (χ4n) is 4.70. The molecule has 2 aromatic carbocycles. The van der Waals surface area contributed by atoms with Crippen LogP contribution in [-0.4, -0.2) is 47.9 Å². The lowest BCUT2D eigenvalue weighted by atomic mass is 9.94. The summed E-state index contributed by atoms with van der Waals surface area (Å²) in [6, 6.07) is 15.2. The van der Waals surface area contributed by atoms with Crippen LogP contribution in [0.1, 0.15) is 54.6 Å². The number of carbonyl (C=O) groups is 2. The minimum atomic E-state index is -0.145. The summed E-state index contributed by atoms with van der Waals surface area (Å²) in [5.74, 6) is 0.850. The average molecular weight is 441 g/mol. The van der Waals surface area contributed by atoms with Crippen LogP contribution in [0.3, 0.4) is 0 Å². The second kappa shape index (κ2) is 9.73. The van der Waals surface area contributed by atoms with Crippen molar-refractivity contribution in [2.75, 3.05) is 26.2 Å². The van der Waals surface area contributed by atoms with Gasteiger partial charge in [-0.05, 0) is 74.6 Å². The summed E-state index contributed by atoms with van der Waals surface area (Å²) < 4.78 is 5.54. The molecule has 2 aromatic rings. The van der Waals surface area contributed by atoms with Gasteiger partial charge in [-0.1, -0.05) is 23.7 Å². The van der Waals surface area contributed by atoms with E-state index < -0.39 is 0 Å². The van der Waals surface area contributed by atoms with Crippen molar-refractivity contribution in [3.63, 3.8) is 0 Å². The van der Waals surface area contributed by atoms with E-state index in [1.54, 1.807) is 24.3 Å². The van der Waals surface area contributed by atoms with E-state index in [4.69, 9.17) is 16.3 Å². The van der Waals surface area contributed by atoms with Crippen LogP contribution in [0.15, 0.2) is 48.5 Å². The Balaban J connectivity index is 1.44. The normalized spacial score (nSPS) is 21.2. The molecule has 2 heterocycles. The number of benzene rings is 2. The van der Waals surface area contributed by atoms with Gasteiger partial charge < -0.3 is 14.5 Å². The summed E-state index contributed by atoms with van der Waals surface area (Å²) in [6.07, 6.45) is 3.65. The lowest BCUT2D eigenvalue weighted by molar-refractivity contribution is -0.137. The van der Waals surface area contributed by atoms with Crippen molar-refractivity contribution in [3.05, 3.63) is 64.7 Å². The molecule has 2 amide bonds. The van der Waals surface area contributed by atoms with Crippen molar-refractivity contribution in [2.24, 2.45) is 5.92 Å². The first-order valence-electron chi connectivity index (χ1n) is 11.1. The summed E-state index contributed by atoms with van der Waals surface area (Å²) in [6.45, 7) is 4.55. The van der Waals surface area contributed by atoms with Gasteiger partial charge in [0.15, 0.2) is 0 Å². The molecule has 164 valence electrons. The van der Waals surface area contributed by atoms with Gasteiger partial charge >= 0.3 is 0 Å². The van der Waals surface area contributed by atoms with Crippen molar-refractivity contribution in [2.45, 2.75) is 38.6 Å². The Bertz CT molecular complexity index is 913. The zero-order valence-electron chi connectivity index (χ0n) is 17.9. The summed E-state index contributed by atoms with van der Waals surface area (Å²) in [7, 11) is 0. The fraction of sp³-hybridized carbons (Fsp3) is 0.440. The lowest BCUT2D eigenvalue weighted by Gasteiger charge is -2.36. The van der Waals surface area contributed by atoms with Crippen LogP contribution in [0.5, 0.6) is 5.75 Å². The van der Waals surface area contributed by atoms with E-state index in [1.165, 1.54) is 0 Å². The summed E-state index contributed by atoms with van der Waals surface area (Å²) in [4.78, 5) is 30.2. The molecule has 6 heteroatoms. The first kappa shape index (κ1) is 21.7. The van der Waals surface area contributed by atoms with Gasteiger partial charge in [0, 0.05) is 30.2 Å². The van der Waals surface area contributed by atoms with Gasteiger partial charge in [-0.25, -0.2) is 0 Å². The maximum absolute atomic E-state index is 13.4. The monoisotopic (exact) mass is 440 g/mol. The molecule has 0 radical (unpaired) electrons. The van der Waals surface area contributed by atoms with Crippen LogP contribution in [0.25, 0.3) is 0 Å². The van der Waals surface area contributed by atoms with Gasteiger partial charge in [0.1, 0.15) is 5.75 Å². The molecule has 2 unspecified atom stereocenters. The average Bonchev–Trinajstić information content (AvgIpc) is 3.29. The number of ether oxygens (including phenoxy) is 1. The fourth-order valence-corrected chi connectivity index (χ4v) is 4.83. The van der Waals surface area contributed by atoms with Gasteiger partial charge in [-0.2, -0.15) is 0 Å². The number of hydrogen-bond donors (Lipinski definition) is 0. The molecule has 2 fully saturated rings. The van der Waals surface area contributed by atoms with Crippen molar-refractivity contribution in [3.8, 4) is 5.75 Å². The Morgan fingerprint density at radius 3 is 2.42 bits per heavy atom. The smallest absolute Gasteiger partial charge is 0.253 e. The Morgan fingerprint density at radius 1 is 1.00 bits per heavy atom. The van der Waals surface area contributed by atoms with Gasteiger partial charge in [0.2, 0.25) is 5.91 Å². The zero-order chi connectivity index (χ0) is 21.8. The molecule has 2 aliphatic heterocycles. The Labute approximate surface area is 188 Å². The second-order valence-electron chi connectivity index (χ2n) is 8.29. The first-order valence-corrected chi connectivity index (χ1v) is 11.5. The van der Waals surface area contributed by atoms with Crippen LogP contribution in [-0.2, 0) is 4.79 Å². The number of amides is 2. The molecule has 2 aliphatic rings. The predicted octanol–water partition coefficient (Wildman–Crippen LogP) is 4.95. The van der Waals surface area contributed by atoms with E-state index in [1.807, 2.05) is 28.9 Å². The lowest BCUT2D eigenvalue weighted by Crippen LogP contribution is -2.46. The maximum Gasteiger partial charge on any atom is 0.253 e. The number of piperidine rings is 1. The maximum atomic E-state index is 13.4. The summed E-state index contributed by atoms with van der Waals surface area (Å²) >= 11 is 5.95. The number of halogens is 1. The summed E-state index contributed by atoms with van der Waals surface area (Å²) in [5.41, 5.74) is 1.77. The number of carbonyl (C=O) groups excluding carboxylic acids is 2. The van der Waals surface area contributed by atoms with E-state index in [-0.39, 0.29) is 23.8 Å². The van der Waals surface area contributed by atoms with E-state index in [2.05, 4.69) is 12.1 Å². The third-order valence-electron chi connectivity index (χ3n) is 6.26. The molecule has 2 atom stereocenters. The zero-order valence-corrected chi connectivity index (χ0v) is 18.7. The van der Waals surface area contributed by atoms with Crippen molar-refractivity contribution >= 4 is 23.4 Å². The minimum Gasteiger partial charge on any atom is -0.494 e. The van der Waals surface area contributed by atoms with Crippen LogP contribution in [0.2, 0.25) is 5.02 Å². The van der Waals surface area contributed by atoms with Gasteiger partial charge in [-0.3, -0.25) is 9.59 Å². The molecular weight excluding hydrogens is 412 g/mol. The molecule has 0 aliphatic carbocycles. The number of hydrogen-bond acceptors (Lipinski definition) is 3. The van der Waals surface area contributed by atoms with Crippen molar-refractivity contribution in [1.82, 2.24) is 9.80 Å². The molecule has 4 rings (SSSR count). The third kappa shape index (κ3) is 4.87. The van der Waals surface area contributed by atoms with Crippen molar-refractivity contribution < 1.29 is 14.3 Å².